The van der Waals surface area contributed by atoms with Gasteiger partial charge in [-0.2, -0.15) is 0 Å². The summed E-state index contributed by atoms with van der Waals surface area (Å²) >= 11 is 0. The topological polar surface area (TPSA) is 80.7 Å². The lowest BCUT2D eigenvalue weighted by Gasteiger charge is -1.91. The van der Waals surface area contributed by atoms with Crippen LogP contribution in [0.15, 0.2) is 24.8 Å². The number of esters is 2. The molecule has 0 saturated heterocycles. The van der Waals surface area contributed by atoms with E-state index in [9.17, 15) is 9.59 Å². The van der Waals surface area contributed by atoms with Crippen molar-refractivity contribution in [2.24, 2.45) is 0 Å². The molecule has 0 aliphatic heterocycles. The van der Waals surface area contributed by atoms with E-state index in [1.54, 1.807) is 6.92 Å². The maximum atomic E-state index is 10.4. The Bertz CT molecular complexity index is 248. The van der Waals surface area contributed by atoms with Gasteiger partial charge in [0.05, 0.1) is 0 Å². The fraction of sp³-hybridized carbons (Fsp3) is 0.222. The number of ether oxygens (including phenoxy) is 1. The average Bonchev–Trinajstić information content (AvgIpc) is 2.03. The average molecular weight is 200 g/mol. The smallest absolute Gasteiger partial charge is 0.338 e. The van der Waals surface area contributed by atoms with Crippen LogP contribution in [0.5, 0.6) is 0 Å². The van der Waals surface area contributed by atoms with Crippen molar-refractivity contribution in [1.82, 2.24) is 0 Å². The normalized spacial score (nSPS) is 8.43. The van der Waals surface area contributed by atoms with Gasteiger partial charge in [-0.15, -0.1) is 0 Å². The standard InChI is InChI=1S/C7H8O3.C2H4O2/c1-3-5-7(9)10-6(8)4-2;1-2(3)4/h3-5H,2H2,1H3;1H3,(H,3,4). The maximum absolute atomic E-state index is 10.4. The number of aliphatic carboxylic acids is 1. The predicted octanol–water partition coefficient (Wildman–Crippen LogP) is 0.909. The summed E-state index contributed by atoms with van der Waals surface area (Å²) in [5, 5.41) is 7.42. The Morgan fingerprint density at radius 2 is 1.71 bits per heavy atom. The minimum atomic E-state index is -0.833. The molecule has 0 radical (unpaired) electrons. The summed E-state index contributed by atoms with van der Waals surface area (Å²) in [6.07, 6.45) is 3.57. The number of carboxylic acids is 1. The highest BCUT2D eigenvalue weighted by Crippen LogP contribution is 1.83. The van der Waals surface area contributed by atoms with Crippen molar-refractivity contribution >= 4 is 17.9 Å². The summed E-state index contributed by atoms with van der Waals surface area (Å²) in [5.74, 6) is -2.24. The number of rotatable bonds is 2. The lowest BCUT2D eigenvalue weighted by Crippen LogP contribution is -2.06. The largest absolute Gasteiger partial charge is 0.481 e. The molecule has 0 amide bonds. The summed E-state index contributed by atoms with van der Waals surface area (Å²) in [5.41, 5.74) is 0. The van der Waals surface area contributed by atoms with Crippen LogP contribution in [0.25, 0.3) is 0 Å². The quantitative estimate of drug-likeness (QED) is 0.407. The van der Waals surface area contributed by atoms with Crippen molar-refractivity contribution in [1.29, 1.82) is 0 Å². The molecule has 0 saturated carbocycles. The van der Waals surface area contributed by atoms with Gasteiger partial charge in [-0.05, 0) is 6.92 Å². The molecule has 1 N–H and O–H groups in total. The number of carbonyl (C=O) groups excluding carboxylic acids is 2. The van der Waals surface area contributed by atoms with Crippen molar-refractivity contribution in [3.05, 3.63) is 24.8 Å². The zero-order valence-electron chi connectivity index (χ0n) is 8.02. The molecule has 0 aromatic rings. The zero-order chi connectivity index (χ0) is 11.6. The highest BCUT2D eigenvalue weighted by Gasteiger charge is 2.00. The second-order valence-electron chi connectivity index (χ2n) is 1.96. The maximum Gasteiger partial charge on any atom is 0.338 e. The van der Waals surface area contributed by atoms with Crippen LogP contribution in [-0.2, 0) is 19.1 Å². The van der Waals surface area contributed by atoms with Crippen molar-refractivity contribution in [2.75, 3.05) is 0 Å². The van der Waals surface area contributed by atoms with E-state index < -0.39 is 17.9 Å². The summed E-state index contributed by atoms with van der Waals surface area (Å²) < 4.78 is 4.16. The first-order valence-electron chi connectivity index (χ1n) is 3.64. The van der Waals surface area contributed by atoms with Gasteiger partial charge >= 0.3 is 11.9 Å². The fourth-order valence-corrected chi connectivity index (χ4v) is 0.311. The third-order valence-corrected chi connectivity index (χ3v) is 0.671. The molecule has 0 bridgehead atoms. The molecule has 0 aliphatic rings. The van der Waals surface area contributed by atoms with Crippen molar-refractivity contribution in [3.8, 4) is 0 Å². The molecule has 14 heavy (non-hydrogen) atoms. The second-order valence-corrected chi connectivity index (χ2v) is 1.96. The first-order valence-corrected chi connectivity index (χ1v) is 3.64. The van der Waals surface area contributed by atoms with E-state index in [0.29, 0.717) is 0 Å². The molecule has 78 valence electrons. The van der Waals surface area contributed by atoms with Gasteiger partial charge in [0.15, 0.2) is 0 Å². The Hall–Kier alpha value is -1.91. The van der Waals surface area contributed by atoms with Crippen LogP contribution < -0.4 is 0 Å². The summed E-state index contributed by atoms with van der Waals surface area (Å²) in [6.45, 7) is 5.86. The second kappa shape index (κ2) is 9.18. The Balaban J connectivity index is 0. The molecular formula is C9H12O5. The van der Waals surface area contributed by atoms with Gasteiger partial charge in [-0.3, -0.25) is 4.79 Å². The first kappa shape index (κ1) is 14.6. The van der Waals surface area contributed by atoms with Gasteiger partial charge in [0.1, 0.15) is 0 Å². The van der Waals surface area contributed by atoms with Crippen LogP contribution in [0, 0.1) is 0 Å². The third-order valence-electron chi connectivity index (χ3n) is 0.671. The minimum absolute atomic E-state index is 0.674. The Morgan fingerprint density at radius 1 is 1.29 bits per heavy atom. The van der Waals surface area contributed by atoms with Gasteiger partial charge < -0.3 is 9.84 Å². The predicted molar refractivity (Wildman–Crippen MR) is 49.4 cm³/mol. The SMILES string of the molecule is C=CC(=O)OC(=O)C=CC.CC(=O)O. The van der Waals surface area contributed by atoms with Crippen LogP contribution in [-0.4, -0.2) is 23.0 Å². The van der Waals surface area contributed by atoms with Crippen molar-refractivity contribution in [3.63, 3.8) is 0 Å². The molecule has 0 rings (SSSR count). The third kappa shape index (κ3) is 16.6. The van der Waals surface area contributed by atoms with E-state index in [4.69, 9.17) is 9.90 Å². The fourth-order valence-electron chi connectivity index (χ4n) is 0.311. The van der Waals surface area contributed by atoms with Gasteiger partial charge in [-0.25, -0.2) is 9.59 Å². The number of hydrogen-bond acceptors (Lipinski definition) is 4. The molecular weight excluding hydrogens is 188 g/mol. The molecule has 0 aromatic heterocycles. The van der Waals surface area contributed by atoms with Crippen molar-refractivity contribution in [2.45, 2.75) is 13.8 Å². The zero-order valence-corrected chi connectivity index (χ0v) is 8.02. The Labute approximate surface area is 81.7 Å². The molecule has 0 unspecified atom stereocenters. The lowest BCUT2D eigenvalue weighted by molar-refractivity contribution is -0.152. The van der Waals surface area contributed by atoms with Gasteiger partial charge in [0.25, 0.3) is 5.97 Å². The van der Waals surface area contributed by atoms with E-state index in [-0.39, 0.29) is 0 Å². The molecule has 0 fully saturated rings. The van der Waals surface area contributed by atoms with Crippen LogP contribution in [0.4, 0.5) is 0 Å². The Morgan fingerprint density at radius 3 is 2.00 bits per heavy atom. The van der Waals surface area contributed by atoms with Crippen LogP contribution >= 0.6 is 0 Å². The van der Waals surface area contributed by atoms with E-state index in [0.717, 1.165) is 19.1 Å². The van der Waals surface area contributed by atoms with Gasteiger partial charge in [0, 0.05) is 19.1 Å². The minimum Gasteiger partial charge on any atom is -0.481 e. The molecule has 5 nitrogen and oxygen atoms in total. The van der Waals surface area contributed by atoms with Gasteiger partial charge in [0.2, 0.25) is 0 Å². The number of carbonyl (C=O) groups is 3. The van der Waals surface area contributed by atoms with Crippen LogP contribution in [0.3, 0.4) is 0 Å². The van der Waals surface area contributed by atoms with E-state index in [1.807, 2.05) is 0 Å². The van der Waals surface area contributed by atoms with E-state index >= 15 is 0 Å². The lowest BCUT2D eigenvalue weighted by atomic mass is 10.5. The molecule has 0 aromatic carbocycles. The summed E-state index contributed by atoms with van der Waals surface area (Å²) in [6, 6.07) is 0. The monoisotopic (exact) mass is 200 g/mol. The van der Waals surface area contributed by atoms with Crippen LogP contribution in [0.2, 0.25) is 0 Å². The molecule has 5 heteroatoms. The molecule has 0 aliphatic carbocycles. The summed E-state index contributed by atoms with van der Waals surface area (Å²) in [7, 11) is 0. The van der Waals surface area contributed by atoms with Crippen LogP contribution in [0.1, 0.15) is 13.8 Å². The summed E-state index contributed by atoms with van der Waals surface area (Å²) in [4.78, 5) is 29.7. The molecule has 0 atom stereocenters. The van der Waals surface area contributed by atoms with E-state index in [1.165, 1.54) is 6.08 Å². The Kier molecular flexibility index (Phi) is 9.58. The highest BCUT2D eigenvalue weighted by molar-refractivity contribution is 5.96. The van der Waals surface area contributed by atoms with E-state index in [2.05, 4.69) is 11.3 Å². The first-order chi connectivity index (χ1) is 6.43. The molecule has 0 spiro atoms. The van der Waals surface area contributed by atoms with Crippen molar-refractivity contribution < 1.29 is 24.2 Å². The highest BCUT2D eigenvalue weighted by atomic mass is 16.6. The van der Waals surface area contributed by atoms with Gasteiger partial charge in [-0.1, -0.05) is 12.7 Å². The number of carboxylic acid groups (broad SMARTS) is 1. The number of allylic oxidation sites excluding steroid dienone is 1. The molecule has 0 heterocycles. The number of hydrogen-bond donors (Lipinski definition) is 1.